The zero-order valence-corrected chi connectivity index (χ0v) is 11.4. The van der Waals surface area contributed by atoms with Gasteiger partial charge in [0.25, 0.3) is 0 Å². The molecule has 1 aromatic carbocycles. The number of halogens is 2. The lowest BCUT2D eigenvalue weighted by Gasteiger charge is -2.27. The van der Waals surface area contributed by atoms with Gasteiger partial charge < -0.3 is 15.3 Å². The molecule has 0 bridgehead atoms. The fourth-order valence-corrected chi connectivity index (χ4v) is 2.60. The lowest BCUT2D eigenvalue weighted by Crippen LogP contribution is -2.40. The first-order valence-corrected chi connectivity index (χ1v) is 6.37. The van der Waals surface area contributed by atoms with Gasteiger partial charge in [-0.05, 0) is 17.7 Å². The molecular weight excluding hydrogens is 275 g/mol. The highest BCUT2D eigenvalue weighted by Crippen LogP contribution is 2.31. The van der Waals surface area contributed by atoms with Gasteiger partial charge in [-0.25, -0.2) is 4.79 Å². The van der Waals surface area contributed by atoms with E-state index in [1.54, 1.807) is 13.1 Å². The second-order valence-corrected chi connectivity index (χ2v) is 5.21. The summed E-state index contributed by atoms with van der Waals surface area (Å²) in [5.41, 5.74) is 1.01. The maximum Gasteiger partial charge on any atom is 0.407 e. The van der Waals surface area contributed by atoms with Crippen molar-refractivity contribution in [3.63, 3.8) is 0 Å². The van der Waals surface area contributed by atoms with E-state index in [2.05, 4.69) is 5.32 Å². The van der Waals surface area contributed by atoms with Crippen molar-refractivity contribution in [1.29, 1.82) is 0 Å². The van der Waals surface area contributed by atoms with E-state index in [-0.39, 0.29) is 12.0 Å². The van der Waals surface area contributed by atoms with Crippen LogP contribution in [0.25, 0.3) is 0 Å². The summed E-state index contributed by atoms with van der Waals surface area (Å²) in [6.45, 7) is 1.38. The van der Waals surface area contributed by atoms with Crippen LogP contribution >= 0.6 is 23.2 Å². The third-order valence-electron chi connectivity index (χ3n) is 3.35. The van der Waals surface area contributed by atoms with Gasteiger partial charge in [-0.15, -0.1) is 0 Å². The van der Waals surface area contributed by atoms with Gasteiger partial charge in [0.1, 0.15) is 0 Å². The SMILES string of the molecule is CN(C(=O)O)[C@H]1CNC[C@H]1c1ccc(Cl)c(Cl)c1. The molecule has 1 aliphatic rings. The Hall–Kier alpha value is -0.970. The lowest BCUT2D eigenvalue weighted by molar-refractivity contribution is 0.138. The van der Waals surface area contributed by atoms with Crippen molar-refractivity contribution in [2.24, 2.45) is 0 Å². The highest BCUT2D eigenvalue weighted by atomic mass is 35.5. The fraction of sp³-hybridized carbons (Fsp3) is 0.417. The first-order valence-electron chi connectivity index (χ1n) is 5.62. The number of nitrogens with one attached hydrogen (secondary N) is 1. The van der Waals surface area contributed by atoms with E-state index >= 15 is 0 Å². The molecule has 1 fully saturated rings. The van der Waals surface area contributed by atoms with E-state index in [0.29, 0.717) is 16.6 Å². The molecule has 0 aromatic heterocycles. The molecule has 1 saturated heterocycles. The molecule has 0 aliphatic carbocycles. The third-order valence-corrected chi connectivity index (χ3v) is 4.09. The highest BCUT2D eigenvalue weighted by molar-refractivity contribution is 6.42. The van der Waals surface area contributed by atoms with Crippen molar-refractivity contribution in [2.45, 2.75) is 12.0 Å². The van der Waals surface area contributed by atoms with Crippen LogP contribution < -0.4 is 5.32 Å². The second kappa shape index (κ2) is 5.34. The Bertz CT molecular complexity index is 467. The lowest BCUT2D eigenvalue weighted by atomic mass is 9.94. The van der Waals surface area contributed by atoms with Crippen LogP contribution in [-0.2, 0) is 0 Å². The van der Waals surface area contributed by atoms with Crippen molar-refractivity contribution in [1.82, 2.24) is 10.2 Å². The number of likely N-dealkylation sites (N-methyl/N-ethyl adjacent to an activating group) is 1. The summed E-state index contributed by atoms with van der Waals surface area (Å²) in [5, 5.41) is 13.3. The molecule has 6 heteroatoms. The Morgan fingerprint density at radius 2 is 2.11 bits per heavy atom. The number of amides is 1. The van der Waals surface area contributed by atoms with Crippen LogP contribution in [-0.4, -0.2) is 42.3 Å². The minimum Gasteiger partial charge on any atom is -0.465 e. The highest BCUT2D eigenvalue weighted by Gasteiger charge is 2.33. The number of rotatable bonds is 2. The maximum absolute atomic E-state index is 11.0. The molecule has 0 unspecified atom stereocenters. The topological polar surface area (TPSA) is 52.6 Å². The quantitative estimate of drug-likeness (QED) is 0.880. The zero-order valence-electron chi connectivity index (χ0n) is 9.86. The van der Waals surface area contributed by atoms with E-state index in [1.807, 2.05) is 12.1 Å². The molecule has 1 heterocycles. The van der Waals surface area contributed by atoms with Gasteiger partial charge in [0, 0.05) is 26.1 Å². The van der Waals surface area contributed by atoms with Gasteiger partial charge in [-0.2, -0.15) is 0 Å². The molecule has 98 valence electrons. The molecule has 0 saturated carbocycles. The average molecular weight is 289 g/mol. The van der Waals surface area contributed by atoms with Gasteiger partial charge in [-0.3, -0.25) is 0 Å². The monoisotopic (exact) mass is 288 g/mol. The normalized spacial score (nSPS) is 23.1. The standard InChI is InChI=1S/C12H14Cl2N2O2/c1-16(12(17)18)11-6-15-5-8(11)7-2-3-9(13)10(14)4-7/h2-4,8,11,15H,5-6H2,1H3,(H,17,18)/t8-,11-/m0/s1. The molecule has 2 rings (SSSR count). The Labute approximate surface area is 115 Å². The van der Waals surface area contributed by atoms with Crippen LogP contribution in [0.1, 0.15) is 11.5 Å². The van der Waals surface area contributed by atoms with E-state index < -0.39 is 6.09 Å². The van der Waals surface area contributed by atoms with E-state index in [1.165, 1.54) is 4.90 Å². The summed E-state index contributed by atoms with van der Waals surface area (Å²) in [6, 6.07) is 5.37. The van der Waals surface area contributed by atoms with Crippen LogP contribution in [0, 0.1) is 0 Å². The van der Waals surface area contributed by atoms with Crippen LogP contribution in [0.2, 0.25) is 10.0 Å². The van der Waals surface area contributed by atoms with Crippen LogP contribution in [0.15, 0.2) is 18.2 Å². The summed E-state index contributed by atoms with van der Waals surface area (Å²) in [4.78, 5) is 12.4. The van der Waals surface area contributed by atoms with Crippen molar-refractivity contribution in [2.75, 3.05) is 20.1 Å². The number of hydrogen-bond donors (Lipinski definition) is 2. The minimum absolute atomic E-state index is 0.0836. The molecule has 1 aliphatic heterocycles. The minimum atomic E-state index is -0.922. The van der Waals surface area contributed by atoms with Crippen LogP contribution in [0.4, 0.5) is 4.79 Å². The molecule has 2 N–H and O–H groups in total. The molecular formula is C12H14Cl2N2O2. The summed E-state index contributed by atoms with van der Waals surface area (Å²) >= 11 is 11.9. The number of carboxylic acid groups (broad SMARTS) is 1. The fourth-order valence-electron chi connectivity index (χ4n) is 2.30. The largest absolute Gasteiger partial charge is 0.465 e. The second-order valence-electron chi connectivity index (χ2n) is 4.40. The van der Waals surface area contributed by atoms with Crippen molar-refractivity contribution < 1.29 is 9.90 Å². The molecule has 18 heavy (non-hydrogen) atoms. The number of nitrogens with zero attached hydrogens (tertiary/aromatic N) is 1. The van der Waals surface area contributed by atoms with E-state index in [9.17, 15) is 4.79 Å². The Morgan fingerprint density at radius 1 is 1.39 bits per heavy atom. The van der Waals surface area contributed by atoms with E-state index in [0.717, 1.165) is 12.1 Å². The summed E-state index contributed by atoms with van der Waals surface area (Å²) < 4.78 is 0. The number of carbonyl (C=O) groups is 1. The van der Waals surface area contributed by atoms with Crippen LogP contribution in [0.3, 0.4) is 0 Å². The summed E-state index contributed by atoms with van der Waals surface area (Å²) in [6.07, 6.45) is -0.922. The number of hydrogen-bond acceptors (Lipinski definition) is 2. The molecule has 0 radical (unpaired) electrons. The Balaban J connectivity index is 2.25. The van der Waals surface area contributed by atoms with Crippen molar-refractivity contribution in [3.8, 4) is 0 Å². The van der Waals surface area contributed by atoms with Crippen molar-refractivity contribution >= 4 is 29.3 Å². The van der Waals surface area contributed by atoms with E-state index in [4.69, 9.17) is 28.3 Å². The molecule has 1 aromatic rings. The zero-order chi connectivity index (χ0) is 13.3. The van der Waals surface area contributed by atoms with Gasteiger partial charge in [0.05, 0.1) is 16.1 Å². The van der Waals surface area contributed by atoms with Gasteiger partial charge in [0.15, 0.2) is 0 Å². The van der Waals surface area contributed by atoms with Gasteiger partial charge >= 0.3 is 6.09 Å². The average Bonchev–Trinajstić information content (AvgIpc) is 2.80. The predicted octanol–water partition coefficient (Wildman–Crippen LogP) is 2.66. The van der Waals surface area contributed by atoms with Crippen LogP contribution in [0.5, 0.6) is 0 Å². The first kappa shape index (κ1) is 13.5. The van der Waals surface area contributed by atoms with Gasteiger partial charge in [0.2, 0.25) is 0 Å². The molecule has 0 spiro atoms. The Morgan fingerprint density at radius 3 is 2.72 bits per heavy atom. The molecule has 2 atom stereocenters. The summed E-state index contributed by atoms with van der Waals surface area (Å²) in [5.74, 6) is 0.0980. The molecule has 1 amide bonds. The maximum atomic E-state index is 11.0. The third kappa shape index (κ3) is 2.55. The predicted molar refractivity (Wildman–Crippen MR) is 71.6 cm³/mol. The smallest absolute Gasteiger partial charge is 0.407 e. The molecule has 4 nitrogen and oxygen atoms in total. The number of benzene rings is 1. The Kier molecular flexibility index (Phi) is 4.00. The first-order chi connectivity index (χ1) is 8.50. The van der Waals surface area contributed by atoms with Gasteiger partial charge in [-0.1, -0.05) is 29.3 Å². The van der Waals surface area contributed by atoms with Crippen molar-refractivity contribution in [3.05, 3.63) is 33.8 Å². The summed E-state index contributed by atoms with van der Waals surface area (Å²) in [7, 11) is 1.59.